The number of fused-ring (bicyclic) bond motifs is 1. The second kappa shape index (κ2) is 9.69. The summed E-state index contributed by atoms with van der Waals surface area (Å²) in [7, 11) is 0. The van der Waals surface area contributed by atoms with E-state index >= 15 is 0 Å². The lowest BCUT2D eigenvalue weighted by molar-refractivity contribution is 0.101. The molecule has 0 aliphatic rings. The summed E-state index contributed by atoms with van der Waals surface area (Å²) in [5.74, 6) is -0.181. The van der Waals surface area contributed by atoms with Crippen molar-refractivity contribution in [2.24, 2.45) is 0 Å². The van der Waals surface area contributed by atoms with Crippen LogP contribution < -0.4 is 10.6 Å². The van der Waals surface area contributed by atoms with E-state index in [1.54, 1.807) is 10.7 Å². The van der Waals surface area contributed by atoms with Gasteiger partial charge in [0.15, 0.2) is 0 Å². The summed E-state index contributed by atoms with van der Waals surface area (Å²) < 4.78 is 1.70. The summed E-state index contributed by atoms with van der Waals surface area (Å²) in [4.78, 5) is 12.8. The first-order valence-electron chi connectivity index (χ1n) is 11.5. The van der Waals surface area contributed by atoms with Crippen molar-refractivity contribution in [3.8, 4) is 0 Å². The highest BCUT2D eigenvalue weighted by Gasteiger charge is 2.13. The number of hydrogen-bond donors (Lipinski definition) is 3. The average molecular weight is 463 g/mol. The van der Waals surface area contributed by atoms with E-state index in [9.17, 15) is 4.79 Å². The molecule has 35 heavy (non-hydrogen) atoms. The fourth-order valence-corrected chi connectivity index (χ4v) is 3.99. The van der Waals surface area contributed by atoms with Crippen molar-refractivity contribution < 1.29 is 4.79 Å². The molecule has 5 rings (SSSR count). The fraction of sp³-hybridized carbons (Fsp3) is 0.107. The first kappa shape index (κ1) is 22.2. The molecular weight excluding hydrogens is 436 g/mol. The molecule has 0 radical (unpaired) electrons. The smallest absolute Gasteiger partial charge is 0.273 e. The number of aromatic amines is 1. The number of benzene rings is 3. The fourth-order valence-electron chi connectivity index (χ4n) is 3.99. The Morgan fingerprint density at radius 1 is 0.943 bits per heavy atom. The average Bonchev–Trinajstić information content (AvgIpc) is 3.46. The number of anilines is 3. The van der Waals surface area contributed by atoms with Gasteiger partial charge in [-0.1, -0.05) is 42.5 Å². The molecule has 2 heterocycles. The highest BCUT2D eigenvalue weighted by molar-refractivity contribution is 6.03. The molecule has 0 saturated carbocycles. The molecule has 0 spiro atoms. The van der Waals surface area contributed by atoms with E-state index in [-0.39, 0.29) is 5.91 Å². The maximum absolute atomic E-state index is 12.8. The molecule has 174 valence electrons. The normalized spacial score (nSPS) is 11.3. The zero-order valence-electron chi connectivity index (χ0n) is 19.6. The van der Waals surface area contributed by atoms with E-state index in [1.807, 2.05) is 80.6 Å². The molecule has 0 fully saturated rings. The second-order valence-corrected chi connectivity index (χ2v) is 8.26. The van der Waals surface area contributed by atoms with Crippen molar-refractivity contribution in [1.82, 2.24) is 20.0 Å². The molecule has 0 aliphatic heterocycles. The summed E-state index contributed by atoms with van der Waals surface area (Å²) >= 11 is 0. The van der Waals surface area contributed by atoms with Gasteiger partial charge in [0.05, 0.1) is 16.9 Å². The first-order chi connectivity index (χ1) is 17.1. The van der Waals surface area contributed by atoms with E-state index in [0.29, 0.717) is 17.9 Å². The monoisotopic (exact) mass is 462 g/mol. The van der Waals surface area contributed by atoms with Crippen LogP contribution in [0.4, 0.5) is 17.1 Å². The minimum Gasteiger partial charge on any atom is -0.355 e. The van der Waals surface area contributed by atoms with Gasteiger partial charge in [-0.3, -0.25) is 14.6 Å². The molecule has 3 aromatic carbocycles. The SMILES string of the molecule is CCn1nc(C)cc1C(=O)Nc1cccc(Nc2ccc3c(/C=C/c4ccccc4)n[nH]c3c2)c1. The molecule has 7 nitrogen and oxygen atoms in total. The van der Waals surface area contributed by atoms with Gasteiger partial charge in [-0.15, -0.1) is 0 Å². The maximum Gasteiger partial charge on any atom is 0.273 e. The largest absolute Gasteiger partial charge is 0.355 e. The Balaban J connectivity index is 1.31. The molecular formula is C28H26N6O. The number of nitrogens with one attached hydrogen (secondary N) is 3. The first-order valence-corrected chi connectivity index (χ1v) is 11.5. The van der Waals surface area contributed by atoms with Crippen LogP contribution in [-0.4, -0.2) is 25.9 Å². The Bertz CT molecular complexity index is 1510. The molecule has 5 aromatic rings. The van der Waals surface area contributed by atoms with Crippen molar-refractivity contribution in [2.45, 2.75) is 20.4 Å². The minimum atomic E-state index is -0.181. The number of aryl methyl sites for hydroxylation is 2. The summed E-state index contributed by atoms with van der Waals surface area (Å²) in [6.45, 7) is 4.48. The van der Waals surface area contributed by atoms with Gasteiger partial charge in [0.1, 0.15) is 5.69 Å². The molecule has 3 N–H and O–H groups in total. The topological polar surface area (TPSA) is 87.6 Å². The Kier molecular flexibility index (Phi) is 6.13. The molecule has 0 saturated heterocycles. The molecule has 2 aromatic heterocycles. The number of carbonyl (C=O) groups is 1. The van der Waals surface area contributed by atoms with Crippen molar-refractivity contribution in [3.05, 3.63) is 102 Å². The molecule has 7 heteroatoms. The van der Waals surface area contributed by atoms with E-state index in [0.717, 1.165) is 39.2 Å². The second-order valence-electron chi connectivity index (χ2n) is 8.26. The van der Waals surface area contributed by atoms with Crippen molar-refractivity contribution in [2.75, 3.05) is 10.6 Å². The number of aromatic nitrogens is 4. The van der Waals surface area contributed by atoms with Crippen molar-refractivity contribution in [1.29, 1.82) is 0 Å². The van der Waals surface area contributed by atoms with Crippen LogP contribution in [0.1, 0.15) is 34.4 Å². The van der Waals surface area contributed by atoms with Crippen LogP contribution in [0.5, 0.6) is 0 Å². The van der Waals surface area contributed by atoms with Gasteiger partial charge in [0, 0.05) is 29.0 Å². The zero-order chi connectivity index (χ0) is 24.2. The lowest BCUT2D eigenvalue weighted by Gasteiger charge is -2.10. The van der Waals surface area contributed by atoms with Crippen LogP contribution in [0, 0.1) is 6.92 Å². The third kappa shape index (κ3) is 4.99. The predicted molar refractivity (Wildman–Crippen MR) is 142 cm³/mol. The standard InChI is InChI=1S/C28H26N6O/c1-3-34-27(16-19(2)33-34)28(35)30-22-11-7-10-21(17-22)29-23-13-14-24-25(31-32-26(24)18-23)15-12-20-8-5-4-6-9-20/h4-18,29H,3H2,1-2H3,(H,30,35)(H,31,32)/b15-12+. The number of rotatable bonds is 7. The van der Waals surface area contributed by atoms with Crippen LogP contribution in [-0.2, 0) is 6.54 Å². The maximum atomic E-state index is 12.8. The van der Waals surface area contributed by atoms with Gasteiger partial charge in [0.25, 0.3) is 5.91 Å². The van der Waals surface area contributed by atoms with E-state index in [2.05, 4.69) is 44.1 Å². The molecule has 0 bridgehead atoms. The summed E-state index contributed by atoms with van der Waals surface area (Å²) in [6, 6.07) is 25.7. The van der Waals surface area contributed by atoms with Gasteiger partial charge in [-0.2, -0.15) is 10.2 Å². The third-order valence-electron chi connectivity index (χ3n) is 5.67. The number of carbonyl (C=O) groups excluding carboxylic acids is 1. The van der Waals surface area contributed by atoms with Crippen molar-refractivity contribution >= 4 is 46.0 Å². The van der Waals surface area contributed by atoms with Gasteiger partial charge in [-0.05, 0) is 68.0 Å². The lowest BCUT2D eigenvalue weighted by Crippen LogP contribution is -2.17. The van der Waals surface area contributed by atoms with Crippen LogP contribution >= 0.6 is 0 Å². The Morgan fingerprint density at radius 3 is 2.57 bits per heavy atom. The number of amides is 1. The van der Waals surface area contributed by atoms with Crippen LogP contribution in [0.15, 0.2) is 78.9 Å². The van der Waals surface area contributed by atoms with Crippen LogP contribution in [0.2, 0.25) is 0 Å². The lowest BCUT2D eigenvalue weighted by atomic mass is 10.1. The van der Waals surface area contributed by atoms with Gasteiger partial charge < -0.3 is 10.6 Å². The zero-order valence-corrected chi connectivity index (χ0v) is 19.6. The molecule has 0 atom stereocenters. The van der Waals surface area contributed by atoms with Crippen molar-refractivity contribution in [3.63, 3.8) is 0 Å². The number of H-pyrrole nitrogens is 1. The minimum absolute atomic E-state index is 0.181. The molecule has 0 aliphatic carbocycles. The van der Waals surface area contributed by atoms with Gasteiger partial charge in [-0.25, -0.2) is 0 Å². The Morgan fingerprint density at radius 2 is 1.74 bits per heavy atom. The van der Waals surface area contributed by atoms with E-state index in [4.69, 9.17) is 0 Å². The van der Waals surface area contributed by atoms with E-state index < -0.39 is 0 Å². The quantitative estimate of drug-likeness (QED) is 0.267. The van der Waals surface area contributed by atoms with Gasteiger partial charge >= 0.3 is 0 Å². The molecule has 1 amide bonds. The summed E-state index contributed by atoms with van der Waals surface area (Å²) in [5.41, 5.74) is 6.82. The molecule has 0 unspecified atom stereocenters. The predicted octanol–water partition coefficient (Wildman–Crippen LogP) is 6.25. The van der Waals surface area contributed by atoms with E-state index in [1.165, 1.54) is 0 Å². The van der Waals surface area contributed by atoms with Crippen LogP contribution in [0.25, 0.3) is 23.1 Å². The Labute approximate surface area is 203 Å². The van der Waals surface area contributed by atoms with Crippen LogP contribution in [0.3, 0.4) is 0 Å². The summed E-state index contributed by atoms with van der Waals surface area (Å²) in [6.07, 6.45) is 4.07. The van der Waals surface area contributed by atoms with Gasteiger partial charge in [0.2, 0.25) is 0 Å². The third-order valence-corrected chi connectivity index (χ3v) is 5.67. The Hall–Kier alpha value is -4.65. The number of hydrogen-bond acceptors (Lipinski definition) is 4. The highest BCUT2D eigenvalue weighted by atomic mass is 16.2. The number of nitrogens with zero attached hydrogens (tertiary/aromatic N) is 3. The summed E-state index contributed by atoms with van der Waals surface area (Å²) in [5, 5.41) is 19.3. The highest BCUT2D eigenvalue weighted by Crippen LogP contribution is 2.25.